The first kappa shape index (κ1) is 59.5. The minimum atomic E-state index is -4.60. The Morgan fingerprint density at radius 1 is 0.557 bits per heavy atom. The van der Waals surface area contributed by atoms with Crippen LogP contribution in [0.2, 0.25) is 0 Å². The number of nitrogens with zero attached hydrogens (tertiary/aromatic N) is 1. The summed E-state index contributed by atoms with van der Waals surface area (Å²) in [6.07, 6.45) is 56.0. The van der Waals surface area contributed by atoms with Gasteiger partial charge < -0.3 is 28.8 Å². The molecule has 0 rings (SSSR count). The number of aliphatic hydroxyl groups excluding tert-OH is 1. The summed E-state index contributed by atoms with van der Waals surface area (Å²) in [5.41, 5.74) is 0. The van der Waals surface area contributed by atoms with Gasteiger partial charge in [0.25, 0.3) is 7.82 Å². The molecule has 0 bridgehead atoms. The van der Waals surface area contributed by atoms with Crippen molar-refractivity contribution in [1.29, 1.82) is 0 Å². The number of unbranched alkanes of at least 4 members (excludes halogenated alkanes) is 27. The van der Waals surface area contributed by atoms with E-state index in [-0.39, 0.29) is 12.5 Å². The summed E-state index contributed by atoms with van der Waals surface area (Å²) in [7, 11) is 1.23. The van der Waals surface area contributed by atoms with E-state index in [1.807, 2.05) is 27.2 Å². The van der Waals surface area contributed by atoms with Crippen LogP contribution in [0.5, 0.6) is 0 Å². The summed E-state index contributed by atoms with van der Waals surface area (Å²) in [4.78, 5) is 25.4. The molecule has 2 N–H and O–H groups in total. The van der Waals surface area contributed by atoms with Crippen molar-refractivity contribution in [1.82, 2.24) is 5.32 Å². The standard InChI is InChI=1S/C52H99N2O6P/c1-6-8-10-12-14-16-18-20-22-23-24-25-26-27-28-29-30-32-34-36-38-40-42-44-46-52(56)53-50(49-60-61(57,58)59-48-47-54(3,4)5)51(55)45-43-41-39-37-35-33-31-21-19-17-15-13-11-9-7-2/h19,21,27-28,35,37,43,45,50-51,55H,6-18,20,22-26,29-34,36,38-42,44,46-49H2,1-5H3,(H-,53,56,57,58)/b21-19+,28-27-,37-35+,45-43+. The van der Waals surface area contributed by atoms with E-state index in [2.05, 4.69) is 55.6 Å². The second kappa shape index (κ2) is 43.7. The fourth-order valence-corrected chi connectivity index (χ4v) is 7.90. The minimum absolute atomic E-state index is 0.0103. The third-order valence-corrected chi connectivity index (χ3v) is 12.2. The van der Waals surface area contributed by atoms with Crippen molar-refractivity contribution in [3.63, 3.8) is 0 Å². The molecule has 0 aromatic heterocycles. The number of likely N-dealkylation sites (N-methyl/N-ethyl adjacent to an activating group) is 1. The molecule has 0 spiro atoms. The lowest BCUT2D eigenvalue weighted by Gasteiger charge is -2.29. The van der Waals surface area contributed by atoms with Gasteiger partial charge in [-0.05, 0) is 70.6 Å². The fourth-order valence-electron chi connectivity index (χ4n) is 7.18. The lowest BCUT2D eigenvalue weighted by Crippen LogP contribution is -2.45. The smallest absolute Gasteiger partial charge is 0.268 e. The molecule has 61 heavy (non-hydrogen) atoms. The molecular formula is C52H99N2O6P. The highest BCUT2D eigenvalue weighted by Crippen LogP contribution is 2.38. The number of allylic oxidation sites excluding steroid dienone is 7. The second-order valence-corrected chi connectivity index (χ2v) is 19.9. The van der Waals surface area contributed by atoms with E-state index >= 15 is 0 Å². The van der Waals surface area contributed by atoms with E-state index in [4.69, 9.17) is 9.05 Å². The lowest BCUT2D eigenvalue weighted by atomic mass is 10.0. The van der Waals surface area contributed by atoms with Gasteiger partial charge in [-0.15, -0.1) is 0 Å². The van der Waals surface area contributed by atoms with Crippen LogP contribution in [0, 0.1) is 0 Å². The number of phosphoric acid groups is 1. The quantitative estimate of drug-likeness (QED) is 0.0273. The zero-order valence-corrected chi connectivity index (χ0v) is 41.5. The summed E-state index contributed by atoms with van der Waals surface area (Å²) in [5.74, 6) is -0.215. The van der Waals surface area contributed by atoms with Gasteiger partial charge in [0, 0.05) is 6.42 Å². The highest BCUT2D eigenvalue weighted by atomic mass is 31.2. The van der Waals surface area contributed by atoms with Crippen molar-refractivity contribution >= 4 is 13.7 Å². The van der Waals surface area contributed by atoms with Crippen LogP contribution in [-0.2, 0) is 18.4 Å². The molecule has 9 heteroatoms. The van der Waals surface area contributed by atoms with Crippen LogP contribution in [0.4, 0.5) is 0 Å². The van der Waals surface area contributed by atoms with Crippen molar-refractivity contribution in [3.05, 3.63) is 48.6 Å². The monoisotopic (exact) mass is 879 g/mol. The number of carbonyl (C=O) groups is 1. The molecule has 8 nitrogen and oxygen atoms in total. The van der Waals surface area contributed by atoms with Gasteiger partial charge in [-0.1, -0.05) is 197 Å². The van der Waals surface area contributed by atoms with Crippen LogP contribution >= 0.6 is 7.82 Å². The summed E-state index contributed by atoms with van der Waals surface area (Å²) in [6.45, 7) is 4.61. The number of hydrogen-bond donors (Lipinski definition) is 2. The maximum absolute atomic E-state index is 12.9. The molecule has 0 radical (unpaired) electrons. The Bertz CT molecular complexity index is 1130. The highest BCUT2D eigenvalue weighted by molar-refractivity contribution is 7.45. The summed E-state index contributed by atoms with van der Waals surface area (Å²) in [6, 6.07) is -0.911. The fraction of sp³-hybridized carbons (Fsp3) is 0.827. The van der Waals surface area contributed by atoms with Crippen molar-refractivity contribution < 1.29 is 32.9 Å². The first-order valence-electron chi connectivity index (χ1n) is 25.5. The molecule has 3 atom stereocenters. The van der Waals surface area contributed by atoms with Crippen LogP contribution < -0.4 is 10.2 Å². The number of amides is 1. The summed E-state index contributed by atoms with van der Waals surface area (Å²) < 4.78 is 23.2. The number of rotatable bonds is 46. The molecule has 0 saturated heterocycles. The number of nitrogens with one attached hydrogen (secondary N) is 1. The first-order chi connectivity index (χ1) is 29.5. The molecule has 0 aliphatic heterocycles. The second-order valence-electron chi connectivity index (χ2n) is 18.5. The number of phosphoric ester groups is 1. The van der Waals surface area contributed by atoms with Crippen molar-refractivity contribution in [3.8, 4) is 0 Å². The predicted octanol–water partition coefficient (Wildman–Crippen LogP) is 14.2. The summed E-state index contributed by atoms with van der Waals surface area (Å²) >= 11 is 0. The molecule has 0 fully saturated rings. The van der Waals surface area contributed by atoms with Crippen LogP contribution in [0.15, 0.2) is 48.6 Å². The van der Waals surface area contributed by atoms with E-state index in [9.17, 15) is 19.4 Å². The van der Waals surface area contributed by atoms with Gasteiger partial charge in [0.2, 0.25) is 5.91 Å². The SMILES string of the molecule is CCCCCCC/C=C/CC/C=C/CC/C=C/C(O)C(COP(=O)([O-])OCC[N+](C)(C)C)NC(=O)CCCCCCCCCC/C=C\CCCCCCCCCCCCCC. The van der Waals surface area contributed by atoms with Crippen LogP contribution in [0.1, 0.15) is 226 Å². The van der Waals surface area contributed by atoms with Gasteiger partial charge in [-0.25, -0.2) is 0 Å². The first-order valence-corrected chi connectivity index (χ1v) is 27.0. The Kier molecular flexibility index (Phi) is 42.6. The van der Waals surface area contributed by atoms with Crippen molar-refractivity contribution in [2.45, 2.75) is 238 Å². The molecule has 0 aromatic carbocycles. The third kappa shape index (κ3) is 46.3. The third-order valence-electron chi connectivity index (χ3n) is 11.2. The number of carbonyl (C=O) groups excluding carboxylic acids is 1. The molecule has 1 amide bonds. The zero-order chi connectivity index (χ0) is 45.0. The molecule has 0 heterocycles. The van der Waals surface area contributed by atoms with Crippen LogP contribution in [0.3, 0.4) is 0 Å². The largest absolute Gasteiger partial charge is 0.756 e. The number of hydrogen-bond acceptors (Lipinski definition) is 6. The molecule has 0 aliphatic carbocycles. The number of quaternary nitrogens is 1. The van der Waals surface area contributed by atoms with E-state index in [1.54, 1.807) is 6.08 Å². The normalized spacial score (nSPS) is 14.5. The van der Waals surface area contributed by atoms with Gasteiger partial charge in [0.05, 0.1) is 39.9 Å². The van der Waals surface area contributed by atoms with Crippen molar-refractivity contribution in [2.75, 3.05) is 40.9 Å². The maximum atomic E-state index is 12.9. The average molecular weight is 879 g/mol. The van der Waals surface area contributed by atoms with E-state index < -0.39 is 26.6 Å². The van der Waals surface area contributed by atoms with Gasteiger partial charge in [0.1, 0.15) is 13.2 Å². The van der Waals surface area contributed by atoms with Crippen LogP contribution in [0.25, 0.3) is 0 Å². The topological polar surface area (TPSA) is 108 Å². The van der Waals surface area contributed by atoms with E-state index in [0.29, 0.717) is 17.4 Å². The molecule has 3 unspecified atom stereocenters. The Hall–Kier alpha value is -1.54. The predicted molar refractivity (Wildman–Crippen MR) is 261 cm³/mol. The minimum Gasteiger partial charge on any atom is -0.756 e. The highest BCUT2D eigenvalue weighted by Gasteiger charge is 2.23. The summed E-state index contributed by atoms with van der Waals surface area (Å²) in [5, 5.41) is 13.8. The van der Waals surface area contributed by atoms with Gasteiger partial charge in [-0.3, -0.25) is 9.36 Å². The van der Waals surface area contributed by atoms with E-state index in [0.717, 1.165) is 44.9 Å². The molecule has 358 valence electrons. The Morgan fingerprint density at radius 2 is 0.918 bits per heavy atom. The molecule has 0 aromatic rings. The number of aliphatic hydroxyl groups is 1. The van der Waals surface area contributed by atoms with Gasteiger partial charge in [-0.2, -0.15) is 0 Å². The Morgan fingerprint density at radius 3 is 1.33 bits per heavy atom. The average Bonchev–Trinajstić information content (AvgIpc) is 3.21. The lowest BCUT2D eigenvalue weighted by molar-refractivity contribution is -0.870. The maximum Gasteiger partial charge on any atom is 0.268 e. The van der Waals surface area contributed by atoms with E-state index in [1.165, 1.54) is 161 Å². The van der Waals surface area contributed by atoms with Gasteiger partial charge in [0.15, 0.2) is 0 Å². The Balaban J connectivity index is 4.31. The van der Waals surface area contributed by atoms with Gasteiger partial charge >= 0.3 is 0 Å². The molecular weight excluding hydrogens is 780 g/mol. The van der Waals surface area contributed by atoms with Crippen molar-refractivity contribution in [2.24, 2.45) is 0 Å². The molecule has 0 aliphatic rings. The molecule has 0 saturated carbocycles. The Labute approximate surface area is 378 Å². The van der Waals surface area contributed by atoms with Crippen LogP contribution in [-0.4, -0.2) is 68.5 Å². The zero-order valence-electron chi connectivity index (χ0n) is 40.6.